The van der Waals surface area contributed by atoms with Crippen LogP contribution in [0.4, 0.5) is 0 Å². The highest BCUT2D eigenvalue weighted by atomic mass is 16.5. The van der Waals surface area contributed by atoms with Gasteiger partial charge in [0.15, 0.2) is 6.61 Å². The van der Waals surface area contributed by atoms with Crippen LogP contribution < -0.4 is 0 Å². The molecule has 1 amide bonds. The van der Waals surface area contributed by atoms with Gasteiger partial charge in [-0.25, -0.2) is 4.79 Å². The molecule has 0 saturated carbocycles. The lowest BCUT2D eigenvalue weighted by molar-refractivity contribution is -0.146. The highest BCUT2D eigenvalue weighted by molar-refractivity contribution is 5.93. The monoisotopic (exact) mass is 293 g/mol. The van der Waals surface area contributed by atoms with Gasteiger partial charge in [-0.1, -0.05) is 12.1 Å². The molecule has 1 fully saturated rings. The molecule has 1 N–H and O–H groups in total. The van der Waals surface area contributed by atoms with Crippen molar-refractivity contribution < 1.29 is 24.2 Å². The summed E-state index contributed by atoms with van der Waals surface area (Å²) in [6.07, 6.45) is -0.0712. The van der Waals surface area contributed by atoms with Gasteiger partial charge in [-0.05, 0) is 26.0 Å². The van der Waals surface area contributed by atoms with Gasteiger partial charge in [-0.3, -0.25) is 4.79 Å². The Kier molecular flexibility index (Phi) is 4.80. The zero-order valence-electron chi connectivity index (χ0n) is 12.1. The third-order valence-corrected chi connectivity index (χ3v) is 3.22. The van der Waals surface area contributed by atoms with E-state index in [0.29, 0.717) is 13.1 Å². The van der Waals surface area contributed by atoms with Crippen molar-refractivity contribution in [1.29, 1.82) is 0 Å². The van der Waals surface area contributed by atoms with Crippen LogP contribution in [0.2, 0.25) is 0 Å². The van der Waals surface area contributed by atoms with E-state index in [1.165, 1.54) is 12.1 Å². The number of phenols is 1. The highest BCUT2D eigenvalue weighted by Crippen LogP contribution is 2.17. The van der Waals surface area contributed by atoms with Gasteiger partial charge in [-0.15, -0.1) is 0 Å². The predicted octanol–water partition coefficient (Wildman–Crippen LogP) is 1.18. The van der Waals surface area contributed by atoms with Crippen molar-refractivity contribution in [3.8, 4) is 5.75 Å². The second-order valence-corrected chi connectivity index (χ2v) is 5.15. The smallest absolute Gasteiger partial charge is 0.342 e. The molecule has 1 aromatic carbocycles. The van der Waals surface area contributed by atoms with Gasteiger partial charge in [-0.2, -0.15) is 0 Å². The van der Waals surface area contributed by atoms with Crippen LogP contribution in [0.5, 0.6) is 5.75 Å². The molecule has 0 aliphatic carbocycles. The standard InChI is InChI=1S/C15H19NO5/c1-10-7-16(8-11(2)21-10)14(18)9-20-15(19)12-5-3-4-6-13(12)17/h3-6,10-11,17H,7-9H2,1-2H3/t10-,11-/m1/s1. The molecule has 1 aromatic rings. The number of amides is 1. The molecule has 1 aliphatic rings. The molecule has 0 unspecified atom stereocenters. The van der Waals surface area contributed by atoms with Gasteiger partial charge < -0.3 is 19.5 Å². The maximum absolute atomic E-state index is 12.0. The van der Waals surface area contributed by atoms with E-state index in [4.69, 9.17) is 9.47 Å². The summed E-state index contributed by atoms with van der Waals surface area (Å²) in [5.74, 6) is -1.14. The number of nitrogens with zero attached hydrogens (tertiary/aromatic N) is 1. The molecule has 6 heteroatoms. The van der Waals surface area contributed by atoms with E-state index >= 15 is 0 Å². The van der Waals surface area contributed by atoms with E-state index in [-0.39, 0.29) is 36.0 Å². The quantitative estimate of drug-likeness (QED) is 0.847. The molecule has 0 radical (unpaired) electrons. The minimum atomic E-state index is -0.712. The summed E-state index contributed by atoms with van der Waals surface area (Å²) in [6, 6.07) is 6.06. The van der Waals surface area contributed by atoms with Crippen molar-refractivity contribution in [2.45, 2.75) is 26.1 Å². The van der Waals surface area contributed by atoms with Gasteiger partial charge in [0.1, 0.15) is 11.3 Å². The first kappa shape index (κ1) is 15.3. The van der Waals surface area contributed by atoms with Crippen LogP contribution in [0, 0.1) is 0 Å². The van der Waals surface area contributed by atoms with E-state index < -0.39 is 5.97 Å². The summed E-state index contributed by atoms with van der Waals surface area (Å²) in [5.41, 5.74) is 0.0500. The highest BCUT2D eigenvalue weighted by Gasteiger charge is 2.26. The molecule has 21 heavy (non-hydrogen) atoms. The molecular weight excluding hydrogens is 274 g/mol. The summed E-state index contributed by atoms with van der Waals surface area (Å²) in [4.78, 5) is 25.5. The Labute approximate surface area is 123 Å². The molecule has 1 heterocycles. The minimum absolute atomic E-state index is 0.0356. The van der Waals surface area contributed by atoms with Gasteiger partial charge in [0.2, 0.25) is 0 Å². The first-order valence-electron chi connectivity index (χ1n) is 6.85. The topological polar surface area (TPSA) is 76.1 Å². The fourth-order valence-electron chi connectivity index (χ4n) is 2.32. The number of rotatable bonds is 3. The zero-order chi connectivity index (χ0) is 15.4. The maximum atomic E-state index is 12.0. The Bertz CT molecular complexity index is 521. The molecule has 2 rings (SSSR count). The number of phenolic OH excluding ortho intramolecular Hbond substituents is 1. The molecule has 0 bridgehead atoms. The second kappa shape index (κ2) is 6.58. The second-order valence-electron chi connectivity index (χ2n) is 5.15. The summed E-state index contributed by atoms with van der Waals surface area (Å²) in [7, 11) is 0. The fraction of sp³-hybridized carbons (Fsp3) is 0.467. The number of hydrogen-bond donors (Lipinski definition) is 1. The number of hydrogen-bond acceptors (Lipinski definition) is 5. The average molecular weight is 293 g/mol. The Balaban J connectivity index is 1.89. The zero-order valence-corrected chi connectivity index (χ0v) is 12.1. The first-order valence-corrected chi connectivity index (χ1v) is 6.85. The van der Waals surface area contributed by atoms with E-state index in [0.717, 1.165) is 0 Å². The number of ether oxygens (including phenoxy) is 2. The summed E-state index contributed by atoms with van der Waals surface area (Å²) in [5, 5.41) is 9.55. The van der Waals surface area contributed by atoms with E-state index in [1.54, 1.807) is 17.0 Å². The Morgan fingerprint density at radius 2 is 1.90 bits per heavy atom. The fourth-order valence-corrected chi connectivity index (χ4v) is 2.32. The molecule has 0 spiro atoms. The summed E-state index contributed by atoms with van der Waals surface area (Å²) < 4.78 is 10.5. The predicted molar refractivity (Wildman–Crippen MR) is 75.0 cm³/mol. The average Bonchev–Trinajstić information content (AvgIpc) is 2.43. The van der Waals surface area contributed by atoms with E-state index in [1.807, 2.05) is 13.8 Å². The molecule has 1 saturated heterocycles. The van der Waals surface area contributed by atoms with Crippen LogP contribution in [0.3, 0.4) is 0 Å². The Hall–Kier alpha value is -2.08. The van der Waals surface area contributed by atoms with Crippen molar-refractivity contribution in [2.75, 3.05) is 19.7 Å². The van der Waals surface area contributed by atoms with Gasteiger partial charge in [0.05, 0.1) is 12.2 Å². The van der Waals surface area contributed by atoms with Crippen molar-refractivity contribution in [2.24, 2.45) is 0 Å². The Morgan fingerprint density at radius 3 is 2.52 bits per heavy atom. The number of benzene rings is 1. The lowest BCUT2D eigenvalue weighted by Gasteiger charge is -2.35. The number of aromatic hydroxyl groups is 1. The number of morpholine rings is 1. The third-order valence-electron chi connectivity index (χ3n) is 3.22. The van der Waals surface area contributed by atoms with Crippen molar-refractivity contribution in [1.82, 2.24) is 4.90 Å². The summed E-state index contributed by atoms with van der Waals surface area (Å²) in [6.45, 7) is 4.41. The van der Waals surface area contributed by atoms with Crippen molar-refractivity contribution in [3.63, 3.8) is 0 Å². The molecule has 0 aromatic heterocycles. The van der Waals surface area contributed by atoms with E-state index in [2.05, 4.69) is 0 Å². The van der Waals surface area contributed by atoms with Gasteiger partial charge >= 0.3 is 5.97 Å². The lowest BCUT2D eigenvalue weighted by atomic mass is 10.2. The number of carbonyl (C=O) groups excluding carboxylic acids is 2. The van der Waals surface area contributed by atoms with Crippen LogP contribution >= 0.6 is 0 Å². The van der Waals surface area contributed by atoms with Gasteiger partial charge in [0.25, 0.3) is 5.91 Å². The Morgan fingerprint density at radius 1 is 1.29 bits per heavy atom. The molecule has 114 valence electrons. The lowest BCUT2D eigenvalue weighted by Crippen LogP contribution is -2.49. The van der Waals surface area contributed by atoms with Crippen molar-refractivity contribution >= 4 is 11.9 Å². The third kappa shape index (κ3) is 3.95. The van der Waals surface area contributed by atoms with Crippen LogP contribution in [0.25, 0.3) is 0 Å². The van der Waals surface area contributed by atoms with Crippen molar-refractivity contribution in [3.05, 3.63) is 29.8 Å². The first-order chi connectivity index (χ1) is 9.97. The SMILES string of the molecule is C[C@@H]1CN(C(=O)COC(=O)c2ccccc2O)C[C@@H](C)O1. The van der Waals surface area contributed by atoms with Crippen LogP contribution in [0.1, 0.15) is 24.2 Å². The van der Waals surface area contributed by atoms with Gasteiger partial charge in [0, 0.05) is 13.1 Å². The number of carbonyl (C=O) groups is 2. The molecule has 2 atom stereocenters. The number of esters is 1. The van der Waals surface area contributed by atoms with Crippen LogP contribution in [-0.4, -0.2) is 53.8 Å². The van der Waals surface area contributed by atoms with Crippen LogP contribution in [-0.2, 0) is 14.3 Å². The molecular formula is C15H19NO5. The molecule has 6 nitrogen and oxygen atoms in total. The maximum Gasteiger partial charge on any atom is 0.342 e. The largest absolute Gasteiger partial charge is 0.507 e. The summed E-state index contributed by atoms with van der Waals surface area (Å²) >= 11 is 0. The molecule has 1 aliphatic heterocycles. The van der Waals surface area contributed by atoms with Crippen LogP contribution in [0.15, 0.2) is 24.3 Å². The van der Waals surface area contributed by atoms with E-state index in [9.17, 15) is 14.7 Å². The minimum Gasteiger partial charge on any atom is -0.507 e. The normalized spacial score (nSPS) is 21.9. The number of para-hydroxylation sites is 1.